The Kier molecular flexibility index (Phi) is 5.98. The van der Waals surface area contributed by atoms with Gasteiger partial charge < -0.3 is 45.6 Å². The largest absolute Gasteiger partial charge is 0.394 e. The predicted octanol–water partition coefficient (Wildman–Crippen LogP) is -5.53. The number of ether oxygens (including phenoxy) is 1. The van der Waals surface area contributed by atoms with Gasteiger partial charge in [-0.3, -0.25) is 4.79 Å². The summed E-state index contributed by atoms with van der Waals surface area (Å²) in [5.41, 5.74) is 0. The first kappa shape index (κ1) is 16.7. The van der Waals surface area contributed by atoms with E-state index in [-0.39, 0.29) is 0 Å². The smallest absolute Gasteiger partial charge is 0.195 e. The fourth-order valence-electron chi connectivity index (χ4n) is 1.83. The van der Waals surface area contributed by atoms with Crippen molar-refractivity contribution >= 4 is 5.78 Å². The van der Waals surface area contributed by atoms with Gasteiger partial charge in [-0.2, -0.15) is 0 Å². The summed E-state index contributed by atoms with van der Waals surface area (Å²) < 4.78 is 12.5. The maximum Gasteiger partial charge on any atom is 0.195 e. The Morgan fingerprint density at radius 2 is 1.67 bits per heavy atom. The number of carbonyl (C=O) groups is 1. The van der Waals surface area contributed by atoms with Crippen LogP contribution >= 0.6 is 0 Å². The third-order valence-corrected chi connectivity index (χ3v) is 3.20. The molecule has 0 aromatic rings. The van der Waals surface area contributed by atoms with Gasteiger partial charge in [0, 0.05) is 0 Å². The maximum absolute atomic E-state index is 12.1. The summed E-state index contributed by atoms with van der Waals surface area (Å²) in [5.74, 6) is -1.62. The summed E-state index contributed by atoms with van der Waals surface area (Å²) in [5, 5.41) is 74.8. The molecule has 8 N–H and O–H groups in total. The molecule has 1 rings (SSSR count). The molecule has 1 fully saturated rings. The van der Waals surface area contributed by atoms with Crippen molar-refractivity contribution in [3.63, 3.8) is 0 Å². The van der Waals surface area contributed by atoms with Gasteiger partial charge in [-0.1, -0.05) is 0 Å². The molecule has 1 saturated heterocycles. The topological polar surface area (TPSA) is 188 Å². The molecule has 1 unspecified atom stereocenters. The Morgan fingerprint density at radius 3 is 2.14 bits per heavy atom. The summed E-state index contributed by atoms with van der Waals surface area (Å²) in [6.07, 6.45) is -17.2. The summed E-state index contributed by atoms with van der Waals surface area (Å²) in [6, 6.07) is 0. The molecule has 1 aliphatic rings. The fourth-order valence-corrected chi connectivity index (χ4v) is 1.83. The Bertz CT molecular complexity index is 393. The van der Waals surface area contributed by atoms with Crippen molar-refractivity contribution in [2.24, 2.45) is 0 Å². The van der Waals surface area contributed by atoms with Gasteiger partial charge in [-0.05, 0) is 0 Å². The first-order chi connectivity index (χ1) is 10.1. The van der Waals surface area contributed by atoms with Crippen molar-refractivity contribution in [1.29, 1.82) is 0 Å². The van der Waals surface area contributed by atoms with Crippen molar-refractivity contribution in [3.05, 3.63) is 0 Å². The number of Topliss-reactive ketones (excluding diaryl/α,β-unsaturated/α-hetero) is 1. The van der Waals surface area contributed by atoms with Crippen LogP contribution < -0.4 is 0 Å². The van der Waals surface area contributed by atoms with Crippen LogP contribution in [-0.2, 0) is 9.53 Å². The normalized spacial score (nSPS) is 42.0. The summed E-state index contributed by atoms with van der Waals surface area (Å²) in [4.78, 5) is 12.1. The van der Waals surface area contributed by atoms with Crippen molar-refractivity contribution < 1.29 is 51.8 Å². The standard InChI is InChI=1S/C11H20O10/c12-1-3(14)5(15)7(17)9(19)11-10(20)8(18)6(16)4(2-13)21-11/h3-8,10-18,20H,1-2H2/t3-,4-,5+,6-,7-,8+,10-,11?/m1/s1/i11D. The van der Waals surface area contributed by atoms with E-state index in [1.54, 1.807) is 0 Å². The first-order valence-corrected chi connectivity index (χ1v) is 6.14. The van der Waals surface area contributed by atoms with Gasteiger partial charge in [0.1, 0.15) is 48.8 Å². The van der Waals surface area contributed by atoms with E-state index in [1.165, 1.54) is 0 Å². The molecular formula is C11H20O10. The zero-order chi connectivity index (χ0) is 17.2. The van der Waals surface area contributed by atoms with E-state index in [4.69, 9.17) is 16.3 Å². The Morgan fingerprint density at radius 1 is 1.10 bits per heavy atom. The predicted molar refractivity (Wildman–Crippen MR) is 63.9 cm³/mol. The van der Waals surface area contributed by atoms with Crippen LogP contribution in [0.5, 0.6) is 0 Å². The molecule has 0 saturated carbocycles. The first-order valence-electron chi connectivity index (χ1n) is 6.64. The van der Waals surface area contributed by atoms with Gasteiger partial charge in [-0.25, -0.2) is 0 Å². The van der Waals surface area contributed by atoms with Gasteiger partial charge in [-0.15, -0.1) is 0 Å². The van der Waals surface area contributed by atoms with E-state index < -0.39 is 67.8 Å². The van der Waals surface area contributed by atoms with Crippen LogP contribution in [0, 0.1) is 0 Å². The van der Waals surface area contributed by atoms with Crippen LogP contribution in [0.15, 0.2) is 0 Å². The van der Waals surface area contributed by atoms with Crippen LogP contribution in [0.2, 0.25) is 0 Å². The van der Waals surface area contributed by atoms with Crippen LogP contribution in [0.4, 0.5) is 0 Å². The van der Waals surface area contributed by atoms with E-state index in [1.807, 2.05) is 0 Å². The zero-order valence-corrected chi connectivity index (χ0v) is 10.8. The third-order valence-electron chi connectivity index (χ3n) is 3.20. The van der Waals surface area contributed by atoms with Crippen LogP contribution in [0.1, 0.15) is 1.37 Å². The second kappa shape index (κ2) is 7.54. The molecule has 0 bridgehead atoms. The molecule has 10 heteroatoms. The van der Waals surface area contributed by atoms with Gasteiger partial charge >= 0.3 is 0 Å². The second-order valence-corrected chi connectivity index (χ2v) is 4.68. The number of ketones is 1. The van der Waals surface area contributed by atoms with Crippen LogP contribution in [0.25, 0.3) is 0 Å². The Balaban J connectivity index is 3.02. The Hall–Kier alpha value is -0.690. The molecule has 1 aliphatic heterocycles. The van der Waals surface area contributed by atoms with E-state index in [0.29, 0.717) is 0 Å². The Labute approximate surface area is 120 Å². The molecule has 0 spiro atoms. The summed E-state index contributed by atoms with van der Waals surface area (Å²) >= 11 is 0. The minimum Gasteiger partial charge on any atom is -0.394 e. The number of aliphatic hydroxyl groups is 8. The molecule has 10 nitrogen and oxygen atoms in total. The number of aliphatic hydroxyl groups excluding tert-OH is 8. The molecule has 0 aromatic heterocycles. The van der Waals surface area contributed by atoms with Gasteiger partial charge in [0.2, 0.25) is 0 Å². The molecule has 0 amide bonds. The molecule has 0 radical (unpaired) electrons. The highest BCUT2D eigenvalue weighted by atomic mass is 16.5. The lowest BCUT2D eigenvalue weighted by atomic mass is 9.90. The zero-order valence-electron chi connectivity index (χ0n) is 11.8. The number of rotatable bonds is 6. The van der Waals surface area contributed by atoms with Crippen molar-refractivity contribution in [2.45, 2.75) is 48.8 Å². The third kappa shape index (κ3) is 3.74. The number of hydrogen-bond donors (Lipinski definition) is 8. The minimum absolute atomic E-state index is 0.892. The number of carbonyl (C=O) groups excluding carboxylic acids is 1. The molecule has 124 valence electrons. The van der Waals surface area contributed by atoms with E-state index >= 15 is 0 Å². The lowest BCUT2D eigenvalue weighted by Gasteiger charge is -2.40. The lowest BCUT2D eigenvalue weighted by Crippen LogP contribution is -2.63. The molecular weight excluding hydrogens is 292 g/mol. The highest BCUT2D eigenvalue weighted by Crippen LogP contribution is 2.23. The average molecular weight is 313 g/mol. The molecule has 1 heterocycles. The number of hydrogen-bond acceptors (Lipinski definition) is 10. The van der Waals surface area contributed by atoms with Crippen LogP contribution in [-0.4, -0.2) is 109 Å². The van der Waals surface area contributed by atoms with Gasteiger partial charge in [0.05, 0.1) is 14.6 Å². The van der Waals surface area contributed by atoms with Gasteiger partial charge in [0.25, 0.3) is 0 Å². The van der Waals surface area contributed by atoms with Crippen molar-refractivity contribution in [1.82, 2.24) is 0 Å². The SMILES string of the molecule is [2H]C1(C(=O)[C@H](O)[C@@H](O)[C@H](O)CO)O[C@H](CO)[C@@H](O)[C@H](O)[C@H]1O. The van der Waals surface area contributed by atoms with E-state index in [9.17, 15) is 35.4 Å². The van der Waals surface area contributed by atoms with Gasteiger partial charge in [0.15, 0.2) is 5.78 Å². The van der Waals surface area contributed by atoms with Crippen molar-refractivity contribution in [2.75, 3.05) is 13.2 Å². The highest BCUT2D eigenvalue weighted by molar-refractivity contribution is 5.88. The van der Waals surface area contributed by atoms with Crippen LogP contribution in [0.3, 0.4) is 0 Å². The fraction of sp³-hybridized carbons (Fsp3) is 0.909. The highest BCUT2D eigenvalue weighted by Gasteiger charge is 2.48. The lowest BCUT2D eigenvalue weighted by molar-refractivity contribution is -0.230. The molecule has 0 aromatic carbocycles. The summed E-state index contributed by atoms with van der Waals surface area (Å²) in [6.45, 7) is -1.88. The summed E-state index contributed by atoms with van der Waals surface area (Å²) in [7, 11) is 0. The molecule has 8 atom stereocenters. The maximum atomic E-state index is 12.1. The monoisotopic (exact) mass is 313 g/mol. The molecule has 21 heavy (non-hydrogen) atoms. The quantitative estimate of drug-likeness (QED) is 0.235. The van der Waals surface area contributed by atoms with E-state index in [2.05, 4.69) is 0 Å². The van der Waals surface area contributed by atoms with E-state index in [0.717, 1.165) is 0 Å². The second-order valence-electron chi connectivity index (χ2n) is 4.68. The minimum atomic E-state index is -3.00. The molecule has 0 aliphatic carbocycles. The average Bonchev–Trinajstić information content (AvgIpc) is 2.53. The van der Waals surface area contributed by atoms with Crippen molar-refractivity contribution in [3.8, 4) is 0 Å².